The Kier molecular flexibility index (Phi) is 6.77. The van der Waals surface area contributed by atoms with E-state index in [4.69, 9.17) is 0 Å². The van der Waals surface area contributed by atoms with E-state index >= 15 is 0 Å². The first-order valence-corrected chi connectivity index (χ1v) is 17.1. The first kappa shape index (κ1) is 24.8. The van der Waals surface area contributed by atoms with Crippen LogP contribution in [0.2, 0.25) is 0 Å². The van der Waals surface area contributed by atoms with Gasteiger partial charge < -0.3 is 0 Å². The lowest BCUT2D eigenvalue weighted by Crippen LogP contribution is -2.60. The highest BCUT2D eigenvalue weighted by molar-refractivity contribution is 8.12. The predicted molar refractivity (Wildman–Crippen MR) is 173 cm³/mol. The monoisotopic (exact) mass is 564 g/mol. The molecule has 0 unspecified atom stereocenters. The summed E-state index contributed by atoms with van der Waals surface area (Å²) in [6.45, 7) is 0. The van der Waals surface area contributed by atoms with Gasteiger partial charge in [-0.2, -0.15) is 0 Å². The Bertz CT molecular complexity index is 1380. The molecule has 2 aliphatic heterocycles. The van der Waals surface area contributed by atoms with Crippen molar-refractivity contribution in [2.45, 2.75) is 9.49 Å². The van der Waals surface area contributed by atoms with Crippen LogP contribution in [0.3, 0.4) is 0 Å². The van der Waals surface area contributed by atoms with Gasteiger partial charge >= 0.3 is 0 Å². The zero-order valence-electron chi connectivity index (χ0n) is 21.0. The molecular formula is C34H28S4. The van der Waals surface area contributed by atoms with Gasteiger partial charge in [0.15, 0.2) is 0 Å². The number of benzene rings is 4. The first-order valence-electron chi connectivity index (χ1n) is 13.1. The fraction of sp³-hybridized carbons (Fsp3) is 0.176. The second kappa shape index (κ2) is 10.4. The molecule has 38 heavy (non-hydrogen) atoms. The van der Waals surface area contributed by atoms with E-state index in [2.05, 4.69) is 168 Å². The van der Waals surface area contributed by atoms with Crippen LogP contribution in [0.25, 0.3) is 9.81 Å². The number of hydrogen-bond donors (Lipinski definition) is 0. The summed E-state index contributed by atoms with van der Waals surface area (Å²) in [6, 6.07) is 45.0. The third-order valence-electron chi connectivity index (χ3n) is 7.63. The zero-order chi connectivity index (χ0) is 25.4. The van der Waals surface area contributed by atoms with Crippen molar-refractivity contribution in [2.75, 3.05) is 23.0 Å². The van der Waals surface area contributed by atoms with Gasteiger partial charge in [0.25, 0.3) is 0 Å². The van der Waals surface area contributed by atoms with Crippen molar-refractivity contribution < 1.29 is 0 Å². The second-order valence-electron chi connectivity index (χ2n) is 9.63. The molecule has 0 N–H and O–H groups in total. The molecule has 3 aliphatic rings. The SMILES string of the molecule is c1ccc(C2=C3C(=C(c4ccccc4)SCCS2)[C@@]2(c4ccccc4)SCCS[C@@]32c2ccccc2)cc1. The zero-order valence-corrected chi connectivity index (χ0v) is 24.3. The normalized spacial score (nSPS) is 25.1. The quantitative estimate of drug-likeness (QED) is 0.242. The summed E-state index contributed by atoms with van der Waals surface area (Å²) in [5.41, 5.74) is 8.60. The van der Waals surface area contributed by atoms with Gasteiger partial charge in [-0.1, -0.05) is 121 Å². The van der Waals surface area contributed by atoms with Crippen molar-refractivity contribution in [2.24, 2.45) is 0 Å². The van der Waals surface area contributed by atoms with Crippen molar-refractivity contribution in [1.82, 2.24) is 0 Å². The number of thioether (sulfide) groups is 4. The van der Waals surface area contributed by atoms with Gasteiger partial charge in [-0.3, -0.25) is 0 Å². The van der Waals surface area contributed by atoms with Crippen LogP contribution < -0.4 is 0 Å². The molecule has 1 aliphatic carbocycles. The van der Waals surface area contributed by atoms with Crippen LogP contribution in [0.15, 0.2) is 132 Å². The lowest BCUT2D eigenvalue weighted by molar-refractivity contribution is 0.487. The molecule has 0 nitrogen and oxygen atoms in total. The molecular weight excluding hydrogens is 537 g/mol. The summed E-state index contributed by atoms with van der Waals surface area (Å²) in [5, 5.41) is 0. The summed E-state index contributed by atoms with van der Waals surface area (Å²) in [5.74, 6) is 4.49. The maximum Gasteiger partial charge on any atom is 0.0901 e. The van der Waals surface area contributed by atoms with Crippen LogP contribution in [0.4, 0.5) is 0 Å². The maximum absolute atomic E-state index is 2.38. The summed E-state index contributed by atoms with van der Waals surface area (Å²) < 4.78 is -0.325. The Balaban J connectivity index is 1.65. The van der Waals surface area contributed by atoms with E-state index in [0.29, 0.717) is 0 Å². The highest BCUT2D eigenvalue weighted by Gasteiger charge is 2.71. The molecule has 4 aromatic rings. The molecule has 0 aromatic heterocycles. The lowest BCUT2D eigenvalue weighted by atomic mass is 9.57. The molecule has 7 rings (SSSR count). The molecule has 4 heteroatoms. The van der Waals surface area contributed by atoms with E-state index in [1.165, 1.54) is 43.2 Å². The van der Waals surface area contributed by atoms with Gasteiger partial charge in [0.05, 0.1) is 9.49 Å². The topological polar surface area (TPSA) is 0 Å². The minimum Gasteiger partial charge on any atom is -0.142 e. The minimum absolute atomic E-state index is 0.163. The summed E-state index contributed by atoms with van der Waals surface area (Å²) in [4.78, 5) is 2.92. The highest BCUT2D eigenvalue weighted by Crippen LogP contribution is 2.80. The Morgan fingerprint density at radius 3 is 1.11 bits per heavy atom. The van der Waals surface area contributed by atoms with Crippen LogP contribution in [0, 0.1) is 0 Å². The highest BCUT2D eigenvalue weighted by atomic mass is 32.2. The fourth-order valence-corrected chi connectivity index (χ4v) is 12.6. The van der Waals surface area contributed by atoms with E-state index in [0.717, 1.165) is 23.0 Å². The third kappa shape index (κ3) is 3.71. The molecule has 0 bridgehead atoms. The smallest absolute Gasteiger partial charge is 0.0901 e. The number of hydrogen-bond acceptors (Lipinski definition) is 4. The molecule has 188 valence electrons. The maximum atomic E-state index is 2.38. The molecule has 0 spiro atoms. The van der Waals surface area contributed by atoms with Crippen molar-refractivity contribution in [1.29, 1.82) is 0 Å². The Hall–Kier alpha value is -2.24. The van der Waals surface area contributed by atoms with Crippen molar-refractivity contribution in [3.05, 3.63) is 155 Å². The number of fused-ring (bicyclic) bond motifs is 4. The average Bonchev–Trinajstić information content (AvgIpc) is 2.98. The summed E-state index contributed by atoms with van der Waals surface area (Å²) >= 11 is 8.45. The number of rotatable bonds is 4. The van der Waals surface area contributed by atoms with Gasteiger partial charge in [-0.15, -0.1) is 47.0 Å². The molecule has 2 fully saturated rings. The van der Waals surface area contributed by atoms with Gasteiger partial charge in [0.2, 0.25) is 0 Å². The molecule has 1 saturated heterocycles. The van der Waals surface area contributed by atoms with Crippen LogP contribution in [0.1, 0.15) is 22.3 Å². The predicted octanol–water partition coefficient (Wildman–Crippen LogP) is 9.57. The van der Waals surface area contributed by atoms with Crippen LogP contribution in [0.5, 0.6) is 0 Å². The van der Waals surface area contributed by atoms with E-state index in [-0.39, 0.29) is 9.49 Å². The summed E-state index contributed by atoms with van der Waals surface area (Å²) in [7, 11) is 0. The fourth-order valence-electron chi connectivity index (χ4n) is 6.20. The van der Waals surface area contributed by atoms with Crippen molar-refractivity contribution in [3.63, 3.8) is 0 Å². The molecule has 4 aromatic carbocycles. The van der Waals surface area contributed by atoms with Gasteiger partial charge in [-0.25, -0.2) is 0 Å². The molecule has 1 saturated carbocycles. The molecule has 0 radical (unpaired) electrons. The van der Waals surface area contributed by atoms with Gasteiger partial charge in [0.1, 0.15) is 0 Å². The minimum atomic E-state index is -0.163. The van der Waals surface area contributed by atoms with Crippen LogP contribution >= 0.6 is 47.0 Å². The average molecular weight is 565 g/mol. The first-order chi connectivity index (χ1) is 18.9. The Morgan fingerprint density at radius 1 is 0.395 bits per heavy atom. The molecule has 0 amide bonds. The second-order valence-corrected chi connectivity index (χ2v) is 14.5. The lowest BCUT2D eigenvalue weighted by Gasteiger charge is -2.66. The standard InChI is InChI=1S/C34H28S4/c1-5-13-25(14-6-1)31-29-30(32(36-22-21-35-31)26-15-7-2-8-16-26)34(28-19-11-4-12-20-28)33(29,37-23-24-38-34)27-17-9-3-10-18-27/h1-20H,21-24H2/t33-,34+. The van der Waals surface area contributed by atoms with Gasteiger partial charge in [0, 0.05) is 32.8 Å². The van der Waals surface area contributed by atoms with E-state index < -0.39 is 0 Å². The van der Waals surface area contributed by atoms with Crippen LogP contribution in [-0.4, -0.2) is 23.0 Å². The van der Waals surface area contributed by atoms with Crippen LogP contribution in [-0.2, 0) is 9.49 Å². The van der Waals surface area contributed by atoms with Crippen molar-refractivity contribution >= 4 is 56.9 Å². The molecule has 2 heterocycles. The van der Waals surface area contributed by atoms with Crippen molar-refractivity contribution in [3.8, 4) is 0 Å². The Morgan fingerprint density at radius 2 is 0.737 bits per heavy atom. The summed E-state index contributed by atoms with van der Waals surface area (Å²) in [6.07, 6.45) is 0. The van der Waals surface area contributed by atoms with E-state index in [1.807, 2.05) is 0 Å². The molecule has 2 atom stereocenters. The van der Waals surface area contributed by atoms with E-state index in [9.17, 15) is 0 Å². The largest absolute Gasteiger partial charge is 0.142 e. The van der Waals surface area contributed by atoms with E-state index in [1.54, 1.807) is 0 Å². The Labute approximate surface area is 242 Å². The van der Waals surface area contributed by atoms with Gasteiger partial charge in [-0.05, 0) is 33.4 Å². The third-order valence-corrected chi connectivity index (χ3v) is 13.7.